The van der Waals surface area contributed by atoms with Gasteiger partial charge in [0.15, 0.2) is 10.8 Å². The molecule has 0 aliphatic carbocycles. The highest BCUT2D eigenvalue weighted by Gasteiger charge is 2.50. The summed E-state index contributed by atoms with van der Waals surface area (Å²) in [7, 11) is -3.37. The number of hydrogen-bond acceptors (Lipinski definition) is 6. The molecule has 1 amide bonds. The topological polar surface area (TPSA) is 152 Å². The first kappa shape index (κ1) is 19.0. The second kappa shape index (κ2) is 6.19. The summed E-state index contributed by atoms with van der Waals surface area (Å²) in [6.45, 7) is 4.38. The van der Waals surface area contributed by atoms with Crippen LogP contribution in [0.3, 0.4) is 0 Å². The fraction of sp³-hybridized carbons (Fsp3) is 0.429. The monoisotopic (exact) mass is 372 g/mol. The minimum absolute atomic E-state index is 0.00226. The predicted molar refractivity (Wildman–Crippen MR) is 91.1 cm³/mol. The molecule has 0 spiro atoms. The van der Waals surface area contributed by atoms with E-state index in [-0.39, 0.29) is 22.8 Å². The summed E-state index contributed by atoms with van der Waals surface area (Å²) in [6, 6.07) is 3.71. The van der Waals surface area contributed by atoms with Crippen molar-refractivity contribution in [3.63, 3.8) is 0 Å². The molecular formula is C14H19FN5O4S+. The number of carboxylic acid groups (broad SMARTS) is 1. The lowest BCUT2D eigenvalue weighted by molar-refractivity contribution is 0.199. The van der Waals surface area contributed by atoms with Crippen molar-refractivity contribution in [1.29, 1.82) is 5.53 Å². The average Bonchev–Trinajstić information content (AvgIpc) is 2.46. The minimum atomic E-state index is -3.37. The van der Waals surface area contributed by atoms with E-state index in [4.69, 9.17) is 10.6 Å². The molecule has 2 rings (SSSR count). The number of nitrogens with zero attached hydrogens (tertiary/aromatic N) is 3. The third-order valence-corrected chi connectivity index (χ3v) is 6.94. The molecule has 0 radical (unpaired) electrons. The first-order valence-corrected chi connectivity index (χ1v) is 8.88. The molecule has 1 atom stereocenters. The van der Waals surface area contributed by atoms with Crippen LogP contribution in [-0.4, -0.2) is 36.6 Å². The SMILES string of the molecule is CC1(c2cc(N=[N+]=N)ccc2F)CS(O)(O)C(C)(C)C(NC(=O)O)=N1. The van der Waals surface area contributed by atoms with Crippen LogP contribution in [0.5, 0.6) is 0 Å². The first-order chi connectivity index (χ1) is 11.4. The van der Waals surface area contributed by atoms with Crippen molar-refractivity contribution in [1.82, 2.24) is 10.2 Å². The van der Waals surface area contributed by atoms with Crippen molar-refractivity contribution in [3.05, 3.63) is 29.6 Å². The molecule has 1 unspecified atom stereocenters. The Morgan fingerprint density at radius 3 is 2.64 bits per heavy atom. The van der Waals surface area contributed by atoms with Crippen LogP contribution in [0.4, 0.5) is 14.9 Å². The Hall–Kier alpha value is -2.33. The predicted octanol–water partition coefficient (Wildman–Crippen LogP) is 3.43. The van der Waals surface area contributed by atoms with Crippen LogP contribution >= 0.6 is 10.6 Å². The molecule has 9 nitrogen and oxygen atoms in total. The van der Waals surface area contributed by atoms with Crippen LogP contribution < -0.4 is 10.2 Å². The number of aliphatic imine (C=N–C) groups is 1. The zero-order valence-electron chi connectivity index (χ0n) is 13.8. The highest BCUT2D eigenvalue weighted by atomic mass is 32.3. The van der Waals surface area contributed by atoms with Crippen LogP contribution in [0.25, 0.3) is 0 Å². The Balaban J connectivity index is 2.69. The van der Waals surface area contributed by atoms with Gasteiger partial charge in [0, 0.05) is 5.56 Å². The number of carbonyl (C=O) groups is 1. The van der Waals surface area contributed by atoms with Crippen LogP contribution in [0.15, 0.2) is 28.3 Å². The van der Waals surface area contributed by atoms with E-state index in [9.17, 15) is 18.3 Å². The Labute approximate surface area is 144 Å². The van der Waals surface area contributed by atoms with E-state index in [1.54, 1.807) is 0 Å². The van der Waals surface area contributed by atoms with Gasteiger partial charge in [-0.3, -0.25) is 19.4 Å². The van der Waals surface area contributed by atoms with Gasteiger partial charge >= 0.3 is 6.09 Å². The zero-order valence-corrected chi connectivity index (χ0v) is 14.6. The lowest BCUT2D eigenvalue weighted by Crippen LogP contribution is -2.55. The van der Waals surface area contributed by atoms with Crippen molar-refractivity contribution in [3.8, 4) is 0 Å². The first-order valence-electron chi connectivity index (χ1n) is 7.16. The van der Waals surface area contributed by atoms with Crippen molar-refractivity contribution >= 4 is 28.2 Å². The smallest absolute Gasteiger partial charge is 0.410 e. The second-order valence-corrected chi connectivity index (χ2v) is 8.99. The number of halogens is 1. The molecule has 0 saturated heterocycles. The van der Waals surface area contributed by atoms with Gasteiger partial charge in [-0.25, -0.2) is 9.18 Å². The van der Waals surface area contributed by atoms with Gasteiger partial charge in [0.1, 0.15) is 27.5 Å². The van der Waals surface area contributed by atoms with Gasteiger partial charge in [0.05, 0.1) is 5.75 Å². The highest BCUT2D eigenvalue weighted by molar-refractivity contribution is 8.26. The number of benzene rings is 1. The maximum atomic E-state index is 14.4. The minimum Gasteiger partial charge on any atom is -0.465 e. The molecule has 1 heterocycles. The van der Waals surface area contributed by atoms with Crippen LogP contribution in [0.2, 0.25) is 0 Å². The molecule has 0 saturated carbocycles. The Kier molecular flexibility index (Phi) is 4.71. The Morgan fingerprint density at radius 1 is 1.44 bits per heavy atom. The quantitative estimate of drug-likeness (QED) is 0.399. The molecule has 25 heavy (non-hydrogen) atoms. The van der Waals surface area contributed by atoms with Crippen LogP contribution in [0, 0.1) is 11.3 Å². The van der Waals surface area contributed by atoms with Gasteiger partial charge < -0.3 is 5.11 Å². The third-order valence-electron chi connectivity index (χ3n) is 4.15. The van der Waals surface area contributed by atoms with Crippen molar-refractivity contribution < 1.29 is 23.4 Å². The molecule has 1 aliphatic rings. The van der Waals surface area contributed by atoms with Gasteiger partial charge in [-0.15, -0.1) is 0 Å². The van der Waals surface area contributed by atoms with E-state index in [2.05, 4.69) is 20.3 Å². The summed E-state index contributed by atoms with van der Waals surface area (Å²) >= 11 is 0. The van der Waals surface area contributed by atoms with Gasteiger partial charge in [0.25, 0.3) is 0 Å². The van der Waals surface area contributed by atoms with Gasteiger partial charge in [-0.1, -0.05) is 0 Å². The van der Waals surface area contributed by atoms with Crippen molar-refractivity contribution in [2.24, 2.45) is 10.1 Å². The molecule has 1 aromatic rings. The van der Waals surface area contributed by atoms with E-state index < -0.39 is 32.8 Å². The summed E-state index contributed by atoms with van der Waals surface area (Å²) in [4.78, 5) is 18.2. The standard InChI is InChI=1S/C14H18FN5O4S/c1-13(2)11(17-12(21)22)18-14(3,7-25(13,23)24)9-6-8(19-20-16)4-5-10(9)15/h4-6,16H,7H2,1-3H3,(H3-,17,18,21,22,23,24)/p+1. The van der Waals surface area contributed by atoms with E-state index in [1.165, 1.54) is 32.9 Å². The maximum Gasteiger partial charge on any atom is 0.410 e. The molecule has 1 aliphatic heterocycles. The molecule has 0 aromatic heterocycles. The van der Waals surface area contributed by atoms with E-state index in [0.29, 0.717) is 0 Å². The Bertz CT molecular complexity index is 806. The summed E-state index contributed by atoms with van der Waals surface area (Å²) in [6.07, 6.45) is -1.41. The molecular weight excluding hydrogens is 353 g/mol. The summed E-state index contributed by atoms with van der Waals surface area (Å²) in [5, 5.41) is 14.6. The van der Waals surface area contributed by atoms with Gasteiger partial charge in [-0.2, -0.15) is 10.6 Å². The van der Waals surface area contributed by atoms with Crippen molar-refractivity contribution in [2.75, 3.05) is 5.75 Å². The van der Waals surface area contributed by atoms with Crippen molar-refractivity contribution in [2.45, 2.75) is 31.1 Å². The third kappa shape index (κ3) is 3.40. The fourth-order valence-corrected chi connectivity index (χ4v) is 4.38. The Morgan fingerprint density at radius 2 is 2.08 bits per heavy atom. The van der Waals surface area contributed by atoms with E-state index in [1.807, 2.05) is 0 Å². The van der Waals surface area contributed by atoms with Gasteiger partial charge in [-0.05, 0) is 39.0 Å². The molecule has 1 aromatic carbocycles. The van der Waals surface area contributed by atoms with Crippen LogP contribution in [0.1, 0.15) is 26.3 Å². The number of amides is 1. The zero-order chi connectivity index (χ0) is 19.0. The molecule has 0 bridgehead atoms. The second-order valence-electron chi connectivity index (χ2n) is 6.35. The normalized spacial score (nSPS) is 25.3. The summed E-state index contributed by atoms with van der Waals surface area (Å²) in [5.41, 5.74) is 5.52. The fourth-order valence-electron chi connectivity index (χ4n) is 2.60. The lowest BCUT2D eigenvalue weighted by Gasteiger charge is -2.53. The maximum absolute atomic E-state index is 14.4. The van der Waals surface area contributed by atoms with E-state index >= 15 is 0 Å². The average molecular weight is 372 g/mol. The number of rotatable bonds is 2. The largest absolute Gasteiger partial charge is 0.465 e. The highest BCUT2D eigenvalue weighted by Crippen LogP contribution is 2.59. The summed E-state index contributed by atoms with van der Waals surface area (Å²) in [5.74, 6) is -1.13. The van der Waals surface area contributed by atoms with Crippen LogP contribution in [-0.2, 0) is 5.54 Å². The number of amidine groups is 1. The lowest BCUT2D eigenvalue weighted by atomic mass is 9.92. The number of nitrogens with one attached hydrogen (secondary N) is 2. The molecule has 11 heteroatoms. The number of hydrogen-bond donors (Lipinski definition) is 5. The van der Waals surface area contributed by atoms with Gasteiger partial charge in [0.2, 0.25) is 4.91 Å². The molecule has 0 fully saturated rings. The summed E-state index contributed by atoms with van der Waals surface area (Å²) < 4.78 is 34.2. The molecule has 136 valence electrons. The van der Waals surface area contributed by atoms with E-state index in [0.717, 1.165) is 6.07 Å². The molecule has 5 N–H and O–H groups in total.